The van der Waals surface area contributed by atoms with Crippen molar-refractivity contribution in [3.8, 4) is 0 Å². The van der Waals surface area contributed by atoms with E-state index in [1.165, 1.54) is 24.3 Å². The monoisotopic (exact) mass is 1960 g/mol. The zero-order valence-electron chi connectivity index (χ0n) is 72.6. The lowest BCUT2D eigenvalue weighted by atomic mass is 9.85. The highest BCUT2D eigenvalue weighted by Crippen LogP contribution is 2.42. The Morgan fingerprint density at radius 3 is 1.11 bits per heavy atom. The summed E-state index contributed by atoms with van der Waals surface area (Å²) in [6, 6.07) is 45.0. The van der Waals surface area contributed by atoms with Crippen molar-refractivity contribution < 1.29 is 77.5 Å². The smallest absolute Gasteiger partial charge is 0.319 e. The minimum absolute atomic E-state index is 0.00559. The van der Waals surface area contributed by atoms with Crippen LogP contribution < -0.4 is 25.8 Å². The number of halogens is 6. The third-order valence-electron chi connectivity index (χ3n) is 21.0. The predicted octanol–water partition coefficient (Wildman–Crippen LogP) is 15.5. The number of benzene rings is 8. The second kappa shape index (κ2) is 55.5. The fraction of sp³-hybridized carbons (Fsp3) is 0.451. The van der Waals surface area contributed by atoms with Crippen molar-refractivity contribution in [2.24, 2.45) is 16.1 Å². The number of ketones is 1. The minimum Gasteiger partial charge on any atom is -0.379 e. The third kappa shape index (κ3) is 35.7. The minimum atomic E-state index is -3.73. The van der Waals surface area contributed by atoms with E-state index in [1.54, 1.807) is 54.6 Å². The molecule has 3 aliphatic heterocycles. The molecule has 38 heteroatoms. The highest BCUT2D eigenvalue weighted by molar-refractivity contribution is 7.91. The highest BCUT2D eigenvalue weighted by Gasteiger charge is 2.32. The molecule has 129 heavy (non-hydrogen) atoms. The van der Waals surface area contributed by atoms with Crippen LogP contribution in [0.3, 0.4) is 0 Å². The van der Waals surface area contributed by atoms with E-state index >= 15 is 0 Å². The molecule has 0 radical (unpaired) electrons. The summed E-state index contributed by atoms with van der Waals surface area (Å²) in [6.07, 6.45) is 3.38. The number of carbonyl (C=O) groups excluding carboxylic acids is 2. The Morgan fingerprint density at radius 2 is 0.736 bits per heavy atom. The van der Waals surface area contributed by atoms with Crippen molar-refractivity contribution in [3.05, 3.63) is 253 Å². The molecule has 3 aliphatic rings. The quantitative estimate of drug-likeness (QED) is 0.0175. The molecule has 29 nitrogen and oxygen atoms in total. The lowest BCUT2D eigenvalue weighted by Crippen LogP contribution is -2.31. The maximum absolute atomic E-state index is 13.1. The van der Waals surface area contributed by atoms with E-state index in [2.05, 4.69) is 45.1 Å². The number of nitrogens with zero attached hydrogens (tertiary/aromatic N) is 5. The number of hydrogen-bond acceptors (Lipinski definition) is 25. The number of sulfone groups is 1. The van der Waals surface area contributed by atoms with Gasteiger partial charge in [0.1, 0.15) is 17.2 Å². The van der Waals surface area contributed by atoms with E-state index in [0.29, 0.717) is 192 Å². The van der Waals surface area contributed by atoms with E-state index in [-0.39, 0.29) is 82.9 Å². The Bertz CT molecular complexity index is 5180. The summed E-state index contributed by atoms with van der Waals surface area (Å²) < 4.78 is 132. The van der Waals surface area contributed by atoms with Gasteiger partial charge in [0.15, 0.2) is 9.84 Å². The highest BCUT2D eigenvalue weighted by atomic mass is 35.5. The van der Waals surface area contributed by atoms with Gasteiger partial charge in [-0.15, -0.1) is 9.81 Å². The molecule has 3 heterocycles. The van der Waals surface area contributed by atoms with Gasteiger partial charge in [0.05, 0.1) is 126 Å². The maximum Gasteiger partial charge on any atom is 0.319 e. The summed E-state index contributed by atoms with van der Waals surface area (Å²) in [5.74, 6) is 0.248. The number of sulfonamides is 2. The number of likely N-dealkylation sites (N-methyl/N-ethyl adjacent to an activating group) is 3. The first-order valence-electron chi connectivity index (χ1n) is 42.5. The van der Waals surface area contributed by atoms with Crippen molar-refractivity contribution in [2.45, 2.75) is 90.6 Å². The number of rotatable bonds is 52. The van der Waals surface area contributed by atoms with Crippen LogP contribution >= 0.6 is 69.6 Å². The van der Waals surface area contributed by atoms with Gasteiger partial charge < -0.3 is 73.7 Å². The second-order valence-electron chi connectivity index (χ2n) is 30.9. The number of Topliss-reactive ketones (excluding diaryl/α,β-unsaturated/α-hetero) is 1. The Balaban J connectivity index is 0.000000339. The number of nitrogens with two attached hydrogens (primary N) is 1. The van der Waals surface area contributed by atoms with Gasteiger partial charge in [-0.1, -0.05) is 118 Å². The van der Waals surface area contributed by atoms with Crippen LogP contribution in [0.15, 0.2) is 183 Å². The molecule has 11 rings (SSSR count). The molecule has 2 amide bonds. The van der Waals surface area contributed by atoms with E-state index in [0.717, 1.165) is 101 Å². The molecule has 3 atom stereocenters. The molecular weight excluding hydrogens is 1850 g/mol. The van der Waals surface area contributed by atoms with Crippen LogP contribution in [0, 0.1) is 9.81 Å². The van der Waals surface area contributed by atoms with Crippen molar-refractivity contribution in [2.75, 3.05) is 197 Å². The first-order valence-corrected chi connectivity index (χ1v) is 49.4. The molecule has 8 aromatic carbocycles. The van der Waals surface area contributed by atoms with Crippen LogP contribution in [0.25, 0.3) is 0 Å². The summed E-state index contributed by atoms with van der Waals surface area (Å²) in [7, 11) is -4.75. The number of ether oxygens (including phenoxy) is 9. The number of carbonyl (C=O) groups is 2. The number of amides is 2. The number of urea groups is 1. The maximum atomic E-state index is 13.1. The van der Waals surface area contributed by atoms with Gasteiger partial charge in [-0.2, -0.15) is 0 Å². The topological polar surface area (TPSA) is 362 Å². The molecular formula is C91H114Cl6N10O19S3. The van der Waals surface area contributed by atoms with Gasteiger partial charge >= 0.3 is 6.03 Å². The fourth-order valence-electron chi connectivity index (χ4n) is 14.6. The van der Waals surface area contributed by atoms with Crippen LogP contribution in [0.5, 0.6) is 0 Å². The van der Waals surface area contributed by atoms with E-state index < -0.39 is 29.9 Å². The summed E-state index contributed by atoms with van der Waals surface area (Å²) in [6.45, 7) is 12.1. The summed E-state index contributed by atoms with van der Waals surface area (Å²) in [5.41, 5.74) is 17.0. The Labute approximate surface area is 786 Å². The van der Waals surface area contributed by atoms with Crippen LogP contribution in [0.1, 0.15) is 105 Å². The first kappa shape index (κ1) is 106. The average molecular weight is 1960 g/mol. The Hall–Kier alpha value is -7.11. The van der Waals surface area contributed by atoms with Gasteiger partial charge in [-0.25, -0.2) is 39.5 Å². The summed E-state index contributed by atoms with van der Waals surface area (Å²) >= 11 is 38.4. The number of aryl methyl sites for hydroxylation is 1. The summed E-state index contributed by atoms with van der Waals surface area (Å²) in [4.78, 5) is 51.8. The molecule has 0 aromatic heterocycles. The Morgan fingerprint density at radius 1 is 0.403 bits per heavy atom. The molecule has 6 N–H and O–H groups in total. The number of hydrogen-bond donors (Lipinski definition) is 5. The van der Waals surface area contributed by atoms with Gasteiger partial charge in [-0.3, -0.25) is 4.79 Å². The number of fused-ring (bicyclic) bond motifs is 3. The predicted molar refractivity (Wildman–Crippen MR) is 505 cm³/mol. The van der Waals surface area contributed by atoms with Crippen molar-refractivity contribution in [1.82, 2.24) is 29.5 Å². The van der Waals surface area contributed by atoms with Crippen LogP contribution in [0.4, 0.5) is 21.9 Å². The molecule has 0 fully saturated rings. The van der Waals surface area contributed by atoms with Crippen molar-refractivity contribution >= 4 is 128 Å². The lowest BCUT2D eigenvalue weighted by Gasteiger charge is -2.33. The lowest BCUT2D eigenvalue weighted by molar-refractivity contribution is -0.119. The van der Waals surface area contributed by atoms with Crippen LogP contribution in [-0.4, -0.2) is 243 Å². The van der Waals surface area contributed by atoms with E-state index in [9.17, 15) is 44.7 Å². The molecule has 0 saturated carbocycles. The molecule has 0 saturated heterocycles. The Kier molecular flexibility index (Phi) is 45.5. The van der Waals surface area contributed by atoms with Crippen LogP contribution in [0.2, 0.25) is 30.1 Å². The number of nitroso groups, excluding NO2 is 2. The van der Waals surface area contributed by atoms with E-state index in [4.69, 9.17) is 118 Å². The molecule has 0 bridgehead atoms. The van der Waals surface area contributed by atoms with Gasteiger partial charge in [0.2, 0.25) is 20.0 Å². The number of anilines is 1. The zero-order valence-corrected chi connectivity index (χ0v) is 79.5. The molecule has 702 valence electrons. The second-order valence-corrected chi connectivity index (χ2v) is 39.0. The molecule has 8 aromatic rings. The average Bonchev–Trinajstić information content (AvgIpc) is 0.782. The molecule has 0 aliphatic carbocycles. The SMILES string of the molecule is CN1Cc2c(Cl)cc(Cl)cc2C(c2ccc(S(=O)(=O)CCCOCCOCCOCCCC(=O)CCCc3ccc(NC(=O)NCCOCCOCCOCCNS(=O)(=O)c4ccc(C5CN(C)Cc6c(Cl)cc(Cl)cc65)cc4)cc3)cc2)C1.CN1Cc2c(Cl)cc(Cl)cc2C(c2ccc(S(=O)(=O)NCCOCCOCCOCCN)cc2)C1.O=Nc1ccc(N=O)cc1. The van der Waals surface area contributed by atoms with Crippen molar-refractivity contribution in [1.29, 1.82) is 0 Å². The molecule has 3 unspecified atom stereocenters. The van der Waals surface area contributed by atoms with E-state index in [1.807, 2.05) is 100 Å². The van der Waals surface area contributed by atoms with Gasteiger partial charge in [0.25, 0.3) is 0 Å². The first-order chi connectivity index (χ1) is 62.1. The summed E-state index contributed by atoms with van der Waals surface area (Å²) in [5, 5.41) is 14.5. The van der Waals surface area contributed by atoms with Crippen LogP contribution in [-0.2, 0) is 103 Å². The van der Waals surface area contributed by atoms with Gasteiger partial charge in [-0.05, 0) is 222 Å². The zero-order chi connectivity index (χ0) is 92.6. The number of nitrogens with one attached hydrogen (secondary N) is 4. The van der Waals surface area contributed by atoms with Crippen molar-refractivity contribution in [3.63, 3.8) is 0 Å². The molecule has 0 spiro atoms. The largest absolute Gasteiger partial charge is 0.379 e. The fourth-order valence-corrected chi connectivity index (χ4v) is 19.6. The normalized spacial score (nSPS) is 15.3. The van der Waals surface area contributed by atoms with Gasteiger partial charge in [0, 0.05) is 145 Å². The third-order valence-corrected chi connectivity index (χ3v) is 27.5. The standard InChI is InChI=1S/C61H77Cl4N5O12S2.C24H33Cl2N3O5S.C6H4N2O2/c1-69-40-55(53-36-47(62)38-59(64)57(53)42-69)45-11-17-51(18-12-45)83(73,74)35-5-24-78-28-32-81-31-27-77-23-4-8-50(71)7-3-6-44-9-15-49(16-10-44)68-61(72)66-21-25-79-29-33-82-34-30-80-26-22-67-84(75,76)52-19-13-46(14-20-52)56-41-70(2)43-58-54(56)37-48(63)39-60(58)65;1-29-16-22(21-14-19(25)15-24(26)23(21)17-29)18-2-4-20(5-3-18)35(30,31)28-7-9-33-11-13-34-12-10-32-8-6-27;9-7-5-1-2-6(8-10)4-3-5/h9-20,36-39,55-56,67H,3-8,21-35,40-43H2,1-2H3,(H2,66,68,72);2-5,14-15,22,28H,6-13,16-17,27H2,1H3;1-4H.